The van der Waals surface area contributed by atoms with Gasteiger partial charge in [-0.25, -0.2) is 0 Å². The number of nitrogens with one attached hydrogen (secondary N) is 1. The Morgan fingerprint density at radius 1 is 1.33 bits per heavy atom. The van der Waals surface area contributed by atoms with Crippen LogP contribution in [0.1, 0.15) is 18.4 Å². The van der Waals surface area contributed by atoms with Crippen LogP contribution < -0.4 is 5.32 Å². The Bertz CT molecular complexity index is 413. The van der Waals surface area contributed by atoms with E-state index in [2.05, 4.69) is 5.32 Å². The van der Waals surface area contributed by atoms with Crippen molar-refractivity contribution >= 4 is 23.1 Å². The largest absolute Gasteiger partial charge is 0.434 e. The SMILES string of the molecule is S=C1Nc2ccccc2C2(CCCO2)O1. The van der Waals surface area contributed by atoms with Crippen LogP contribution in [0.3, 0.4) is 0 Å². The molecule has 2 aliphatic rings. The van der Waals surface area contributed by atoms with Crippen LogP contribution in [0, 0.1) is 0 Å². The van der Waals surface area contributed by atoms with Crippen LogP contribution in [-0.4, -0.2) is 11.8 Å². The van der Waals surface area contributed by atoms with Crippen LogP contribution in [-0.2, 0) is 15.3 Å². The number of thiocarbonyl (C=S) groups is 1. The average Bonchev–Trinajstić information content (AvgIpc) is 2.67. The van der Waals surface area contributed by atoms with Crippen molar-refractivity contribution in [2.45, 2.75) is 18.6 Å². The van der Waals surface area contributed by atoms with Crippen LogP contribution >= 0.6 is 12.2 Å². The Kier molecular flexibility index (Phi) is 1.94. The van der Waals surface area contributed by atoms with Gasteiger partial charge < -0.3 is 14.8 Å². The van der Waals surface area contributed by atoms with Crippen LogP contribution in [0.5, 0.6) is 0 Å². The van der Waals surface area contributed by atoms with E-state index < -0.39 is 5.79 Å². The first-order chi connectivity index (χ1) is 7.30. The number of hydrogen-bond donors (Lipinski definition) is 1. The number of benzene rings is 1. The second-order valence-corrected chi connectivity index (χ2v) is 4.14. The molecule has 78 valence electrons. The lowest BCUT2D eigenvalue weighted by Crippen LogP contribution is -2.38. The van der Waals surface area contributed by atoms with Gasteiger partial charge in [-0.05, 0) is 24.7 Å². The lowest BCUT2D eigenvalue weighted by molar-refractivity contribution is -0.166. The molecule has 1 saturated heterocycles. The zero-order chi connectivity index (χ0) is 10.3. The van der Waals surface area contributed by atoms with Gasteiger partial charge in [-0.3, -0.25) is 0 Å². The van der Waals surface area contributed by atoms with Crippen molar-refractivity contribution in [2.75, 3.05) is 11.9 Å². The first-order valence-electron chi connectivity index (χ1n) is 5.04. The molecule has 0 aliphatic carbocycles. The first-order valence-corrected chi connectivity index (χ1v) is 5.44. The fourth-order valence-corrected chi connectivity index (χ4v) is 2.42. The zero-order valence-corrected chi connectivity index (χ0v) is 8.97. The van der Waals surface area contributed by atoms with E-state index in [1.807, 2.05) is 24.3 Å². The summed E-state index contributed by atoms with van der Waals surface area (Å²) >= 11 is 5.08. The molecule has 0 bridgehead atoms. The number of fused-ring (bicyclic) bond motifs is 2. The molecule has 1 unspecified atom stereocenters. The summed E-state index contributed by atoms with van der Waals surface area (Å²) in [4.78, 5) is 0. The van der Waals surface area contributed by atoms with E-state index >= 15 is 0 Å². The van der Waals surface area contributed by atoms with Gasteiger partial charge in [0.15, 0.2) is 0 Å². The Morgan fingerprint density at radius 2 is 2.20 bits per heavy atom. The van der Waals surface area contributed by atoms with Crippen molar-refractivity contribution in [3.63, 3.8) is 0 Å². The average molecular weight is 221 g/mol. The van der Waals surface area contributed by atoms with E-state index in [9.17, 15) is 0 Å². The quantitative estimate of drug-likeness (QED) is 0.681. The molecule has 0 aromatic heterocycles. The zero-order valence-electron chi connectivity index (χ0n) is 8.16. The minimum Gasteiger partial charge on any atom is -0.434 e. The fraction of sp³-hybridized carbons (Fsp3) is 0.364. The molecule has 3 rings (SSSR count). The van der Waals surface area contributed by atoms with Gasteiger partial charge in [0.1, 0.15) is 0 Å². The molecule has 2 aliphatic heterocycles. The number of rotatable bonds is 0. The lowest BCUT2D eigenvalue weighted by Gasteiger charge is -2.35. The van der Waals surface area contributed by atoms with Crippen molar-refractivity contribution in [3.8, 4) is 0 Å². The van der Waals surface area contributed by atoms with Crippen molar-refractivity contribution in [3.05, 3.63) is 29.8 Å². The van der Waals surface area contributed by atoms with E-state index in [1.165, 1.54) is 0 Å². The summed E-state index contributed by atoms with van der Waals surface area (Å²) in [6.45, 7) is 0.733. The number of para-hydroxylation sites is 1. The van der Waals surface area contributed by atoms with Gasteiger partial charge in [0.05, 0.1) is 12.3 Å². The molecule has 0 amide bonds. The van der Waals surface area contributed by atoms with Crippen LogP contribution in [0.25, 0.3) is 0 Å². The molecule has 0 radical (unpaired) electrons. The Balaban J connectivity index is 2.14. The van der Waals surface area contributed by atoms with Crippen molar-refractivity contribution < 1.29 is 9.47 Å². The maximum atomic E-state index is 5.73. The second-order valence-electron chi connectivity index (χ2n) is 3.77. The molecule has 3 nitrogen and oxygen atoms in total. The molecule has 1 aromatic rings. The molecule has 1 fully saturated rings. The monoisotopic (exact) mass is 221 g/mol. The molecule has 4 heteroatoms. The first kappa shape index (κ1) is 9.12. The van der Waals surface area contributed by atoms with E-state index in [1.54, 1.807) is 0 Å². The summed E-state index contributed by atoms with van der Waals surface area (Å²) in [5.41, 5.74) is 2.05. The van der Waals surface area contributed by atoms with E-state index in [0.717, 1.165) is 30.7 Å². The summed E-state index contributed by atoms with van der Waals surface area (Å²) < 4.78 is 11.4. The van der Waals surface area contributed by atoms with Crippen molar-refractivity contribution in [1.82, 2.24) is 0 Å². The maximum Gasteiger partial charge on any atom is 0.263 e. The van der Waals surface area contributed by atoms with Crippen LogP contribution in [0.15, 0.2) is 24.3 Å². The van der Waals surface area contributed by atoms with E-state index in [0.29, 0.717) is 5.17 Å². The Labute approximate surface area is 93.4 Å². The van der Waals surface area contributed by atoms with Gasteiger partial charge in [0.25, 0.3) is 5.17 Å². The van der Waals surface area contributed by atoms with Gasteiger partial charge in [-0.1, -0.05) is 18.2 Å². The molecular formula is C11H11NO2S. The Hall–Kier alpha value is -1.13. The Morgan fingerprint density at radius 3 is 3.00 bits per heavy atom. The molecule has 1 N–H and O–H groups in total. The van der Waals surface area contributed by atoms with Gasteiger partial charge in [-0.2, -0.15) is 0 Å². The highest BCUT2D eigenvalue weighted by atomic mass is 32.1. The highest BCUT2D eigenvalue weighted by Gasteiger charge is 2.44. The molecule has 15 heavy (non-hydrogen) atoms. The van der Waals surface area contributed by atoms with E-state index in [4.69, 9.17) is 21.7 Å². The predicted octanol–water partition coefficient (Wildman–Crippen LogP) is 2.38. The summed E-state index contributed by atoms with van der Waals surface area (Å²) in [5, 5.41) is 3.44. The summed E-state index contributed by atoms with van der Waals surface area (Å²) in [6, 6.07) is 7.98. The van der Waals surface area contributed by atoms with E-state index in [-0.39, 0.29) is 0 Å². The maximum absolute atomic E-state index is 5.73. The normalized spacial score (nSPS) is 28.4. The smallest absolute Gasteiger partial charge is 0.263 e. The van der Waals surface area contributed by atoms with Gasteiger partial charge in [0.2, 0.25) is 5.79 Å². The third kappa shape index (κ3) is 1.33. The molecule has 1 atom stereocenters. The van der Waals surface area contributed by atoms with Crippen molar-refractivity contribution in [1.29, 1.82) is 0 Å². The number of hydrogen-bond acceptors (Lipinski definition) is 3. The lowest BCUT2D eigenvalue weighted by atomic mass is 9.99. The number of anilines is 1. The topological polar surface area (TPSA) is 30.5 Å². The van der Waals surface area contributed by atoms with Gasteiger partial charge >= 0.3 is 0 Å². The third-order valence-electron chi connectivity index (χ3n) is 2.82. The summed E-state index contributed by atoms with van der Waals surface area (Å²) in [7, 11) is 0. The highest BCUT2D eigenvalue weighted by molar-refractivity contribution is 7.80. The summed E-state index contributed by atoms with van der Waals surface area (Å²) in [6.07, 6.45) is 1.88. The molecule has 2 heterocycles. The van der Waals surface area contributed by atoms with Crippen LogP contribution in [0.2, 0.25) is 0 Å². The highest BCUT2D eigenvalue weighted by Crippen LogP contribution is 2.43. The minimum absolute atomic E-state index is 0.399. The van der Waals surface area contributed by atoms with Gasteiger partial charge in [-0.15, -0.1) is 0 Å². The molecular weight excluding hydrogens is 210 g/mol. The predicted molar refractivity (Wildman–Crippen MR) is 60.6 cm³/mol. The molecule has 1 spiro atoms. The molecule has 0 saturated carbocycles. The second kappa shape index (κ2) is 3.18. The third-order valence-corrected chi connectivity index (χ3v) is 3.00. The standard InChI is InChI=1S/C11H11NO2S/c15-10-12-9-5-2-1-4-8(9)11(14-10)6-3-7-13-11/h1-2,4-5H,3,6-7H2,(H,12,15). The van der Waals surface area contributed by atoms with Gasteiger partial charge in [0, 0.05) is 12.0 Å². The summed E-state index contributed by atoms with van der Waals surface area (Å²) in [5.74, 6) is -0.626. The van der Waals surface area contributed by atoms with Crippen LogP contribution in [0.4, 0.5) is 5.69 Å². The number of ether oxygens (including phenoxy) is 2. The minimum atomic E-state index is -0.626. The fourth-order valence-electron chi connectivity index (χ4n) is 2.17. The van der Waals surface area contributed by atoms with Crippen molar-refractivity contribution in [2.24, 2.45) is 0 Å². The molecule has 1 aromatic carbocycles.